The van der Waals surface area contributed by atoms with Crippen molar-refractivity contribution >= 4 is 12.2 Å². The Morgan fingerprint density at radius 1 is 1.58 bits per heavy atom. The number of nitrogens with zero attached hydrogens (tertiary/aromatic N) is 1. The summed E-state index contributed by atoms with van der Waals surface area (Å²) in [5.41, 5.74) is 0. The minimum absolute atomic E-state index is 0.332. The molecule has 1 aliphatic heterocycles. The highest BCUT2D eigenvalue weighted by Crippen LogP contribution is 2.14. The maximum Gasteiger partial charge on any atom is 0.213 e. The zero-order chi connectivity index (χ0) is 8.39. The second-order valence-electron chi connectivity index (χ2n) is 2.95. The van der Waals surface area contributed by atoms with Gasteiger partial charge in [0, 0.05) is 13.0 Å². The van der Waals surface area contributed by atoms with Crippen LogP contribution in [-0.2, 0) is 11.2 Å². The van der Waals surface area contributed by atoms with Crippen LogP contribution < -0.4 is 0 Å². The Bertz CT molecular complexity index is 300. The number of aromatic amines is 2. The third kappa shape index (κ3) is 1.73. The number of ether oxygens (including phenoxy) is 1. The molecule has 12 heavy (non-hydrogen) atoms. The van der Waals surface area contributed by atoms with E-state index in [4.69, 9.17) is 17.0 Å². The Balaban J connectivity index is 1.98. The van der Waals surface area contributed by atoms with Crippen LogP contribution in [0.1, 0.15) is 18.7 Å². The fourth-order valence-electron chi connectivity index (χ4n) is 1.42. The second kappa shape index (κ2) is 3.37. The molecule has 0 radical (unpaired) electrons. The molecule has 0 amide bonds. The molecule has 0 saturated carbocycles. The third-order valence-corrected chi connectivity index (χ3v) is 2.19. The molecule has 1 fully saturated rings. The van der Waals surface area contributed by atoms with Gasteiger partial charge >= 0.3 is 0 Å². The first-order chi connectivity index (χ1) is 5.84. The van der Waals surface area contributed by atoms with Crippen molar-refractivity contribution in [1.82, 2.24) is 15.2 Å². The first-order valence-corrected chi connectivity index (χ1v) is 4.50. The Hall–Kier alpha value is -0.680. The summed E-state index contributed by atoms with van der Waals surface area (Å²) in [6, 6.07) is 0. The van der Waals surface area contributed by atoms with E-state index in [2.05, 4.69) is 15.2 Å². The summed E-state index contributed by atoms with van der Waals surface area (Å²) >= 11 is 4.84. The predicted octanol–water partition coefficient (Wildman–Crippen LogP) is 1.19. The zero-order valence-corrected chi connectivity index (χ0v) is 7.49. The largest absolute Gasteiger partial charge is 0.378 e. The topological polar surface area (TPSA) is 53.7 Å². The third-order valence-electron chi connectivity index (χ3n) is 2.00. The Labute approximate surface area is 75.3 Å². The van der Waals surface area contributed by atoms with Crippen molar-refractivity contribution in [2.45, 2.75) is 25.4 Å². The highest BCUT2D eigenvalue weighted by atomic mass is 32.1. The van der Waals surface area contributed by atoms with Crippen LogP contribution in [0.2, 0.25) is 0 Å². The Morgan fingerprint density at radius 2 is 2.50 bits per heavy atom. The van der Waals surface area contributed by atoms with E-state index in [0.717, 1.165) is 31.7 Å². The molecule has 5 heteroatoms. The van der Waals surface area contributed by atoms with Gasteiger partial charge in [0.15, 0.2) is 0 Å². The van der Waals surface area contributed by atoms with Crippen LogP contribution in [0.3, 0.4) is 0 Å². The van der Waals surface area contributed by atoms with Crippen LogP contribution in [0.4, 0.5) is 0 Å². The van der Waals surface area contributed by atoms with E-state index in [-0.39, 0.29) is 0 Å². The molecular formula is C7H11N3OS. The Morgan fingerprint density at radius 3 is 3.08 bits per heavy atom. The van der Waals surface area contributed by atoms with Crippen molar-refractivity contribution in [3.8, 4) is 0 Å². The fourth-order valence-corrected chi connectivity index (χ4v) is 1.58. The monoisotopic (exact) mass is 185 g/mol. The second-order valence-corrected chi connectivity index (χ2v) is 3.34. The molecule has 1 aliphatic rings. The molecule has 2 N–H and O–H groups in total. The van der Waals surface area contributed by atoms with E-state index in [1.807, 2.05) is 0 Å². The summed E-state index contributed by atoms with van der Waals surface area (Å²) < 4.78 is 5.97. The molecule has 4 nitrogen and oxygen atoms in total. The smallest absolute Gasteiger partial charge is 0.213 e. The normalized spacial score (nSPS) is 23.2. The fraction of sp³-hybridized carbons (Fsp3) is 0.714. The number of rotatable bonds is 2. The SMILES string of the molecule is S=c1nc(CC2CCCO2)[nH][nH]1. The summed E-state index contributed by atoms with van der Waals surface area (Å²) in [5, 5.41) is 5.68. The number of nitrogens with one attached hydrogen (secondary N) is 2. The van der Waals surface area contributed by atoms with Gasteiger partial charge in [0.05, 0.1) is 6.10 Å². The van der Waals surface area contributed by atoms with Crippen LogP contribution in [-0.4, -0.2) is 27.9 Å². The van der Waals surface area contributed by atoms with Crippen molar-refractivity contribution in [3.05, 3.63) is 10.6 Å². The first kappa shape index (κ1) is 7.94. The van der Waals surface area contributed by atoms with Gasteiger partial charge in [-0.2, -0.15) is 0 Å². The lowest BCUT2D eigenvalue weighted by atomic mass is 10.2. The molecule has 0 bridgehead atoms. The van der Waals surface area contributed by atoms with Crippen LogP contribution in [0, 0.1) is 4.77 Å². The van der Waals surface area contributed by atoms with Crippen molar-refractivity contribution in [2.24, 2.45) is 0 Å². The Kier molecular flexibility index (Phi) is 2.23. The van der Waals surface area contributed by atoms with Crippen molar-refractivity contribution in [3.63, 3.8) is 0 Å². The average Bonchev–Trinajstić information content (AvgIpc) is 2.63. The minimum atomic E-state index is 0.332. The van der Waals surface area contributed by atoms with Gasteiger partial charge in [0.2, 0.25) is 4.77 Å². The lowest BCUT2D eigenvalue weighted by Crippen LogP contribution is -2.09. The molecule has 1 atom stereocenters. The molecule has 1 unspecified atom stereocenters. The van der Waals surface area contributed by atoms with Crippen molar-refractivity contribution in [1.29, 1.82) is 0 Å². The highest BCUT2D eigenvalue weighted by molar-refractivity contribution is 7.71. The van der Waals surface area contributed by atoms with E-state index in [1.54, 1.807) is 0 Å². The van der Waals surface area contributed by atoms with Crippen molar-refractivity contribution < 1.29 is 4.74 Å². The number of aromatic nitrogens is 3. The quantitative estimate of drug-likeness (QED) is 0.680. The molecular weight excluding hydrogens is 174 g/mol. The molecule has 1 aromatic heterocycles. The van der Waals surface area contributed by atoms with Gasteiger partial charge in [-0.1, -0.05) is 0 Å². The molecule has 66 valence electrons. The van der Waals surface area contributed by atoms with Crippen LogP contribution in [0.25, 0.3) is 0 Å². The summed E-state index contributed by atoms with van der Waals surface area (Å²) in [6.07, 6.45) is 3.47. The van der Waals surface area contributed by atoms with Crippen LogP contribution >= 0.6 is 12.2 Å². The maximum atomic E-state index is 5.46. The van der Waals surface area contributed by atoms with Gasteiger partial charge < -0.3 is 4.74 Å². The average molecular weight is 185 g/mol. The van der Waals surface area contributed by atoms with Gasteiger partial charge in [-0.3, -0.25) is 10.2 Å². The summed E-state index contributed by atoms with van der Waals surface area (Å²) in [7, 11) is 0. The number of hydrogen-bond donors (Lipinski definition) is 2. The standard InChI is InChI=1S/C7H11N3OS/c12-7-8-6(9-10-7)4-5-2-1-3-11-5/h5H,1-4H2,(H2,8,9,10,12). The van der Waals surface area contributed by atoms with E-state index in [9.17, 15) is 0 Å². The number of H-pyrrole nitrogens is 2. The molecule has 1 saturated heterocycles. The number of hydrogen-bond acceptors (Lipinski definition) is 3. The van der Waals surface area contributed by atoms with Gasteiger partial charge in [-0.25, -0.2) is 4.98 Å². The summed E-state index contributed by atoms with van der Waals surface area (Å²) in [5.74, 6) is 0.895. The lowest BCUT2D eigenvalue weighted by molar-refractivity contribution is 0.110. The van der Waals surface area contributed by atoms with E-state index in [1.165, 1.54) is 0 Å². The van der Waals surface area contributed by atoms with E-state index in [0.29, 0.717) is 10.9 Å². The lowest BCUT2D eigenvalue weighted by Gasteiger charge is -2.04. The van der Waals surface area contributed by atoms with Crippen LogP contribution in [0.15, 0.2) is 0 Å². The molecule has 1 aromatic rings. The van der Waals surface area contributed by atoms with Gasteiger partial charge in [0.25, 0.3) is 0 Å². The highest BCUT2D eigenvalue weighted by Gasteiger charge is 2.16. The summed E-state index contributed by atoms with van der Waals surface area (Å²) in [4.78, 5) is 4.10. The first-order valence-electron chi connectivity index (χ1n) is 4.10. The molecule has 0 aliphatic carbocycles. The maximum absolute atomic E-state index is 5.46. The van der Waals surface area contributed by atoms with Gasteiger partial charge in [0.1, 0.15) is 5.82 Å². The molecule has 0 spiro atoms. The van der Waals surface area contributed by atoms with E-state index < -0.39 is 0 Å². The summed E-state index contributed by atoms with van der Waals surface area (Å²) in [6.45, 7) is 0.885. The van der Waals surface area contributed by atoms with Crippen molar-refractivity contribution in [2.75, 3.05) is 6.61 Å². The van der Waals surface area contributed by atoms with Gasteiger partial charge in [-0.15, -0.1) is 0 Å². The van der Waals surface area contributed by atoms with E-state index >= 15 is 0 Å². The molecule has 2 heterocycles. The predicted molar refractivity (Wildman–Crippen MR) is 46.5 cm³/mol. The van der Waals surface area contributed by atoms with Gasteiger partial charge in [-0.05, 0) is 25.1 Å². The minimum Gasteiger partial charge on any atom is -0.378 e. The molecule has 0 aromatic carbocycles. The molecule has 2 rings (SSSR count). The van der Waals surface area contributed by atoms with Crippen LogP contribution in [0.5, 0.6) is 0 Å². The zero-order valence-electron chi connectivity index (χ0n) is 6.67.